The Bertz CT molecular complexity index is 483. The van der Waals surface area contributed by atoms with Crippen LogP contribution in [0.5, 0.6) is 0 Å². The molecule has 4 nitrogen and oxygen atoms in total. The summed E-state index contributed by atoms with van der Waals surface area (Å²) in [7, 11) is 0. The first-order valence-electron chi connectivity index (χ1n) is 5.24. The van der Waals surface area contributed by atoms with Crippen LogP contribution in [0.4, 0.5) is 8.78 Å². The number of alkyl halides is 2. The van der Waals surface area contributed by atoms with Crippen molar-refractivity contribution in [2.45, 2.75) is 18.9 Å². The van der Waals surface area contributed by atoms with Crippen molar-refractivity contribution in [2.75, 3.05) is 6.61 Å². The monoisotopic (exact) mass is 254 g/mol. The highest BCUT2D eigenvalue weighted by Gasteiger charge is 2.48. The second kappa shape index (κ2) is 5.56. The normalized spacial score (nSPS) is 12.6. The average Bonchev–Trinajstić information content (AvgIpc) is 2.38. The molecule has 1 rings (SSSR count). The molecule has 0 aromatic heterocycles. The van der Waals surface area contributed by atoms with E-state index >= 15 is 0 Å². The first-order chi connectivity index (χ1) is 8.45. The molecule has 96 valence electrons. The molecule has 0 saturated heterocycles. The van der Waals surface area contributed by atoms with Gasteiger partial charge in [-0.05, 0) is 18.6 Å². The van der Waals surface area contributed by atoms with E-state index in [0.29, 0.717) is 0 Å². The lowest BCUT2D eigenvalue weighted by molar-refractivity contribution is -0.174. The molecular formula is C12H12F2N2O2. The molecule has 18 heavy (non-hydrogen) atoms. The lowest BCUT2D eigenvalue weighted by Crippen LogP contribution is -2.42. The van der Waals surface area contributed by atoms with Crippen molar-refractivity contribution >= 4 is 5.97 Å². The summed E-state index contributed by atoms with van der Waals surface area (Å²) in [6.45, 7) is 1.25. The SMILES string of the molecule is CCOC(=O)C(F)(F)[C@@H](N)c1ccccc1C#N. The zero-order valence-electron chi connectivity index (χ0n) is 9.69. The van der Waals surface area contributed by atoms with E-state index in [4.69, 9.17) is 11.0 Å². The van der Waals surface area contributed by atoms with Crippen LogP contribution in [0.3, 0.4) is 0 Å². The van der Waals surface area contributed by atoms with Crippen molar-refractivity contribution in [1.82, 2.24) is 0 Å². The van der Waals surface area contributed by atoms with E-state index in [-0.39, 0.29) is 17.7 Å². The van der Waals surface area contributed by atoms with Crippen LogP contribution in [-0.2, 0) is 9.53 Å². The van der Waals surface area contributed by atoms with Gasteiger partial charge in [-0.3, -0.25) is 0 Å². The van der Waals surface area contributed by atoms with Crippen LogP contribution < -0.4 is 5.73 Å². The van der Waals surface area contributed by atoms with Gasteiger partial charge in [-0.15, -0.1) is 0 Å². The minimum atomic E-state index is -3.87. The number of carbonyl (C=O) groups excluding carboxylic acids is 1. The van der Waals surface area contributed by atoms with Crippen molar-refractivity contribution < 1.29 is 18.3 Å². The van der Waals surface area contributed by atoms with Gasteiger partial charge in [0.05, 0.1) is 18.2 Å². The lowest BCUT2D eigenvalue weighted by atomic mass is 9.97. The number of nitrogens with zero attached hydrogens (tertiary/aromatic N) is 1. The number of nitrogens with two attached hydrogens (primary N) is 1. The summed E-state index contributed by atoms with van der Waals surface area (Å²) in [5.74, 6) is -5.56. The standard InChI is InChI=1S/C12H12F2N2O2/c1-2-18-11(17)12(13,14)10(16)9-6-4-3-5-8(9)7-15/h3-6,10H,2,16H2,1H3/t10-/m0/s1. The zero-order chi connectivity index (χ0) is 13.8. The Hall–Kier alpha value is -2.00. The van der Waals surface area contributed by atoms with Crippen LogP contribution in [0.1, 0.15) is 24.1 Å². The van der Waals surface area contributed by atoms with Crippen molar-refractivity contribution in [3.05, 3.63) is 35.4 Å². The smallest absolute Gasteiger partial charge is 0.379 e. The molecule has 2 N–H and O–H groups in total. The molecule has 0 radical (unpaired) electrons. The molecule has 0 amide bonds. The van der Waals surface area contributed by atoms with E-state index in [2.05, 4.69) is 4.74 Å². The number of carbonyl (C=O) groups is 1. The van der Waals surface area contributed by atoms with E-state index < -0.39 is 17.9 Å². The Balaban J connectivity index is 3.10. The van der Waals surface area contributed by atoms with E-state index in [0.717, 1.165) is 0 Å². The Morgan fingerprint density at radius 1 is 1.56 bits per heavy atom. The predicted octanol–water partition coefficient (Wildman–Crippen LogP) is 1.76. The van der Waals surface area contributed by atoms with Gasteiger partial charge in [0.2, 0.25) is 0 Å². The average molecular weight is 254 g/mol. The van der Waals surface area contributed by atoms with E-state index in [9.17, 15) is 13.6 Å². The quantitative estimate of drug-likeness (QED) is 0.830. The van der Waals surface area contributed by atoms with E-state index in [1.165, 1.54) is 31.2 Å². The molecule has 0 aliphatic rings. The van der Waals surface area contributed by atoms with Gasteiger partial charge in [-0.1, -0.05) is 18.2 Å². The van der Waals surface area contributed by atoms with Crippen LogP contribution in [0.2, 0.25) is 0 Å². The fraction of sp³-hybridized carbons (Fsp3) is 0.333. The Labute approximate surface area is 103 Å². The van der Waals surface area contributed by atoms with E-state index in [1.807, 2.05) is 0 Å². The second-order valence-corrected chi connectivity index (χ2v) is 3.52. The third kappa shape index (κ3) is 2.63. The highest BCUT2D eigenvalue weighted by atomic mass is 19.3. The molecule has 1 aromatic carbocycles. The fourth-order valence-corrected chi connectivity index (χ4v) is 1.42. The molecule has 1 atom stereocenters. The molecule has 1 aromatic rings. The Kier molecular flexibility index (Phi) is 4.34. The first kappa shape index (κ1) is 14.1. The number of rotatable bonds is 4. The van der Waals surface area contributed by atoms with Crippen molar-refractivity contribution in [3.63, 3.8) is 0 Å². The highest BCUT2D eigenvalue weighted by molar-refractivity contribution is 5.79. The molecule has 6 heteroatoms. The summed E-state index contributed by atoms with van der Waals surface area (Å²) in [5.41, 5.74) is 5.30. The third-order valence-electron chi connectivity index (χ3n) is 2.35. The molecule has 0 saturated carbocycles. The summed E-state index contributed by atoms with van der Waals surface area (Å²) < 4.78 is 31.7. The fourth-order valence-electron chi connectivity index (χ4n) is 1.42. The molecule has 0 fully saturated rings. The van der Waals surface area contributed by atoms with Crippen LogP contribution in [0.15, 0.2) is 24.3 Å². The van der Waals surface area contributed by atoms with Gasteiger partial charge >= 0.3 is 11.9 Å². The minimum absolute atomic E-state index is 0.00831. The number of ether oxygens (including phenoxy) is 1. The van der Waals surface area contributed by atoms with Crippen LogP contribution in [0, 0.1) is 11.3 Å². The van der Waals surface area contributed by atoms with Crippen LogP contribution in [-0.4, -0.2) is 18.5 Å². The molecule has 0 aliphatic heterocycles. The molecule has 0 aliphatic carbocycles. The Morgan fingerprint density at radius 2 is 2.17 bits per heavy atom. The third-order valence-corrected chi connectivity index (χ3v) is 2.35. The maximum absolute atomic E-state index is 13.7. The highest BCUT2D eigenvalue weighted by Crippen LogP contribution is 2.32. The van der Waals surface area contributed by atoms with Gasteiger partial charge in [-0.25, -0.2) is 4.79 Å². The van der Waals surface area contributed by atoms with Gasteiger partial charge in [-0.2, -0.15) is 14.0 Å². The van der Waals surface area contributed by atoms with Crippen molar-refractivity contribution in [3.8, 4) is 6.07 Å². The first-order valence-corrected chi connectivity index (χ1v) is 5.24. The lowest BCUT2D eigenvalue weighted by Gasteiger charge is -2.22. The van der Waals surface area contributed by atoms with Gasteiger partial charge < -0.3 is 10.5 Å². The van der Waals surface area contributed by atoms with Gasteiger partial charge in [0.1, 0.15) is 6.04 Å². The minimum Gasteiger partial charge on any atom is -0.462 e. The van der Waals surface area contributed by atoms with Crippen molar-refractivity contribution in [1.29, 1.82) is 5.26 Å². The Morgan fingerprint density at radius 3 is 2.72 bits per heavy atom. The summed E-state index contributed by atoms with van der Waals surface area (Å²) in [6.07, 6.45) is 0. The van der Waals surface area contributed by atoms with Crippen molar-refractivity contribution in [2.24, 2.45) is 5.73 Å². The molecule has 0 unspecified atom stereocenters. The van der Waals surface area contributed by atoms with Crippen LogP contribution in [0.25, 0.3) is 0 Å². The maximum Gasteiger partial charge on any atom is 0.379 e. The largest absolute Gasteiger partial charge is 0.462 e. The molecule has 0 bridgehead atoms. The molecule has 0 spiro atoms. The van der Waals surface area contributed by atoms with Gasteiger partial charge in [0, 0.05) is 0 Å². The maximum atomic E-state index is 13.7. The number of esters is 1. The number of hydrogen-bond donors (Lipinski definition) is 1. The summed E-state index contributed by atoms with van der Waals surface area (Å²) in [6, 6.07) is 5.48. The number of benzene rings is 1. The van der Waals surface area contributed by atoms with E-state index in [1.54, 1.807) is 6.07 Å². The summed E-state index contributed by atoms with van der Waals surface area (Å²) in [5, 5.41) is 8.81. The van der Waals surface area contributed by atoms with Gasteiger partial charge in [0.15, 0.2) is 0 Å². The van der Waals surface area contributed by atoms with Crippen LogP contribution >= 0.6 is 0 Å². The number of nitriles is 1. The molecular weight excluding hydrogens is 242 g/mol. The number of hydrogen-bond acceptors (Lipinski definition) is 4. The zero-order valence-corrected chi connectivity index (χ0v) is 9.69. The van der Waals surface area contributed by atoms with Gasteiger partial charge in [0.25, 0.3) is 0 Å². The second-order valence-electron chi connectivity index (χ2n) is 3.52. The number of halogens is 2. The summed E-state index contributed by atoms with van der Waals surface area (Å²) >= 11 is 0. The summed E-state index contributed by atoms with van der Waals surface area (Å²) in [4.78, 5) is 11.1. The molecule has 0 heterocycles. The topological polar surface area (TPSA) is 76.1 Å². The predicted molar refractivity (Wildman–Crippen MR) is 59.7 cm³/mol.